The van der Waals surface area contributed by atoms with Crippen LogP contribution in [0.4, 0.5) is 5.69 Å². The Bertz CT molecular complexity index is 1120. The number of ether oxygens (including phenoxy) is 2. The second-order valence-corrected chi connectivity index (χ2v) is 9.72. The van der Waals surface area contributed by atoms with Gasteiger partial charge in [0, 0.05) is 30.9 Å². The van der Waals surface area contributed by atoms with Crippen molar-refractivity contribution in [3.05, 3.63) is 48.7 Å². The Morgan fingerprint density at radius 1 is 1.18 bits per heavy atom. The molecule has 0 aromatic carbocycles. The van der Waals surface area contributed by atoms with E-state index in [9.17, 15) is 0 Å². The standard InChI is InChI=1S/C25H31N7O2/c1-33-22-9-19(11-26-13-22)23-15-32(30-29-23)25(16-34-17-25)24-7-6-21(12-28-24)31-8-2-3-20(14-31)27-10-18-4-5-18/h6-7,9,11-13,15,18,20,27H,2-5,8,10,14,16-17H2,1H3. The van der Waals surface area contributed by atoms with Gasteiger partial charge in [-0.2, -0.15) is 0 Å². The van der Waals surface area contributed by atoms with E-state index < -0.39 is 5.54 Å². The molecule has 0 bridgehead atoms. The molecule has 9 heteroatoms. The van der Waals surface area contributed by atoms with Gasteiger partial charge in [-0.25, -0.2) is 4.68 Å². The molecule has 1 unspecified atom stereocenters. The zero-order valence-electron chi connectivity index (χ0n) is 19.6. The molecule has 1 saturated carbocycles. The Labute approximate surface area is 199 Å². The summed E-state index contributed by atoms with van der Waals surface area (Å²) in [6, 6.07) is 6.78. The van der Waals surface area contributed by atoms with Crippen molar-refractivity contribution in [3.63, 3.8) is 0 Å². The molecule has 178 valence electrons. The van der Waals surface area contributed by atoms with Gasteiger partial charge in [0.05, 0.1) is 50.3 Å². The number of pyridine rings is 2. The molecule has 1 atom stereocenters. The lowest BCUT2D eigenvalue weighted by Crippen LogP contribution is -2.53. The van der Waals surface area contributed by atoms with Crippen LogP contribution in [0, 0.1) is 5.92 Å². The SMILES string of the molecule is COc1cncc(-c2cn(C3(c4ccc(N5CCCC(NCC6CC6)C5)cn4)COC3)nn2)c1. The smallest absolute Gasteiger partial charge is 0.152 e. The van der Waals surface area contributed by atoms with Gasteiger partial charge in [-0.15, -0.1) is 5.10 Å². The molecule has 5 heterocycles. The number of hydrogen-bond acceptors (Lipinski definition) is 8. The van der Waals surface area contributed by atoms with Crippen LogP contribution in [0.25, 0.3) is 11.3 Å². The highest BCUT2D eigenvalue weighted by atomic mass is 16.5. The first-order chi connectivity index (χ1) is 16.7. The van der Waals surface area contributed by atoms with E-state index in [1.165, 1.54) is 37.9 Å². The lowest BCUT2D eigenvalue weighted by molar-refractivity contribution is -0.0851. The molecule has 34 heavy (non-hydrogen) atoms. The molecule has 2 saturated heterocycles. The van der Waals surface area contributed by atoms with Crippen molar-refractivity contribution >= 4 is 5.69 Å². The third kappa shape index (κ3) is 4.14. The van der Waals surface area contributed by atoms with Crippen LogP contribution in [0.3, 0.4) is 0 Å². The van der Waals surface area contributed by atoms with Crippen molar-refractivity contribution < 1.29 is 9.47 Å². The first-order valence-corrected chi connectivity index (χ1v) is 12.2. The lowest BCUT2D eigenvalue weighted by atomic mass is 9.92. The minimum Gasteiger partial charge on any atom is -0.495 e. The van der Waals surface area contributed by atoms with Crippen LogP contribution < -0.4 is 15.0 Å². The number of methoxy groups -OCH3 is 1. The van der Waals surface area contributed by atoms with E-state index in [0.29, 0.717) is 25.0 Å². The zero-order chi connectivity index (χ0) is 23.0. The van der Waals surface area contributed by atoms with Crippen molar-refractivity contribution in [2.75, 3.05) is 44.9 Å². The van der Waals surface area contributed by atoms with Crippen LogP contribution in [0.5, 0.6) is 5.75 Å². The summed E-state index contributed by atoms with van der Waals surface area (Å²) >= 11 is 0. The molecular weight excluding hydrogens is 430 g/mol. The maximum Gasteiger partial charge on any atom is 0.152 e. The minimum absolute atomic E-state index is 0.438. The predicted octanol–water partition coefficient (Wildman–Crippen LogP) is 2.49. The van der Waals surface area contributed by atoms with Crippen molar-refractivity contribution in [1.82, 2.24) is 30.3 Å². The first kappa shape index (κ1) is 21.5. The summed E-state index contributed by atoms with van der Waals surface area (Å²) in [5, 5.41) is 12.6. The van der Waals surface area contributed by atoms with Crippen molar-refractivity contribution in [3.8, 4) is 17.0 Å². The summed E-state index contributed by atoms with van der Waals surface area (Å²) in [7, 11) is 1.63. The highest BCUT2D eigenvalue weighted by Crippen LogP contribution is 2.34. The number of nitrogens with one attached hydrogen (secondary N) is 1. The van der Waals surface area contributed by atoms with E-state index in [4.69, 9.17) is 14.5 Å². The average Bonchev–Trinajstić information content (AvgIpc) is 3.57. The Balaban J connectivity index is 1.18. The minimum atomic E-state index is -0.438. The summed E-state index contributed by atoms with van der Waals surface area (Å²) in [4.78, 5) is 11.6. The van der Waals surface area contributed by atoms with E-state index in [1.54, 1.807) is 19.5 Å². The van der Waals surface area contributed by atoms with Gasteiger partial charge < -0.3 is 19.7 Å². The van der Waals surface area contributed by atoms with Crippen LogP contribution in [-0.2, 0) is 10.3 Å². The Kier molecular flexibility index (Phi) is 5.66. The van der Waals surface area contributed by atoms with E-state index in [1.807, 2.05) is 23.1 Å². The maximum atomic E-state index is 5.63. The molecule has 2 aliphatic heterocycles. The summed E-state index contributed by atoms with van der Waals surface area (Å²) in [6.45, 7) is 4.34. The number of nitrogens with zero attached hydrogens (tertiary/aromatic N) is 6. The van der Waals surface area contributed by atoms with Crippen molar-refractivity contribution in [1.29, 1.82) is 0 Å². The molecule has 0 amide bonds. The van der Waals surface area contributed by atoms with Gasteiger partial charge in [0.15, 0.2) is 5.54 Å². The monoisotopic (exact) mass is 461 g/mol. The van der Waals surface area contributed by atoms with Crippen LogP contribution in [-0.4, -0.2) is 71.0 Å². The molecule has 0 radical (unpaired) electrons. The fourth-order valence-electron chi connectivity index (χ4n) is 4.85. The molecule has 3 aromatic rings. The van der Waals surface area contributed by atoms with Gasteiger partial charge in [-0.1, -0.05) is 5.21 Å². The Morgan fingerprint density at radius 2 is 2.09 bits per heavy atom. The summed E-state index contributed by atoms with van der Waals surface area (Å²) in [5.74, 6) is 1.60. The highest BCUT2D eigenvalue weighted by Gasteiger charge is 2.45. The number of hydrogen-bond donors (Lipinski definition) is 1. The molecule has 9 nitrogen and oxygen atoms in total. The van der Waals surface area contributed by atoms with Crippen LogP contribution >= 0.6 is 0 Å². The number of rotatable bonds is 8. The number of anilines is 1. The summed E-state index contributed by atoms with van der Waals surface area (Å²) < 4.78 is 12.8. The predicted molar refractivity (Wildman–Crippen MR) is 128 cm³/mol. The normalized spacial score (nSPS) is 21.8. The molecule has 0 spiro atoms. The average molecular weight is 462 g/mol. The van der Waals surface area contributed by atoms with Crippen molar-refractivity contribution in [2.45, 2.75) is 37.3 Å². The van der Waals surface area contributed by atoms with E-state index in [-0.39, 0.29) is 0 Å². The molecule has 3 fully saturated rings. The third-order valence-corrected chi connectivity index (χ3v) is 7.26. The van der Waals surface area contributed by atoms with Crippen LogP contribution in [0.2, 0.25) is 0 Å². The van der Waals surface area contributed by atoms with Crippen molar-refractivity contribution in [2.24, 2.45) is 5.92 Å². The first-order valence-electron chi connectivity index (χ1n) is 12.2. The molecular formula is C25H31N7O2. The topological polar surface area (TPSA) is 90.2 Å². The van der Waals surface area contributed by atoms with Gasteiger partial charge in [-0.3, -0.25) is 9.97 Å². The number of aromatic nitrogens is 5. The van der Waals surface area contributed by atoms with Gasteiger partial charge >= 0.3 is 0 Å². The molecule has 3 aliphatic rings. The summed E-state index contributed by atoms with van der Waals surface area (Å²) in [5.41, 5.74) is 3.29. The maximum absolute atomic E-state index is 5.63. The molecule has 3 aromatic heterocycles. The largest absolute Gasteiger partial charge is 0.495 e. The quantitative estimate of drug-likeness (QED) is 0.547. The zero-order valence-corrected chi connectivity index (χ0v) is 19.6. The Morgan fingerprint density at radius 3 is 2.82 bits per heavy atom. The second kappa shape index (κ2) is 8.96. The van der Waals surface area contributed by atoms with Gasteiger partial charge in [-0.05, 0) is 56.3 Å². The fraction of sp³-hybridized carbons (Fsp3) is 0.520. The molecule has 6 rings (SSSR count). The van der Waals surface area contributed by atoms with E-state index in [0.717, 1.165) is 36.0 Å². The van der Waals surface area contributed by atoms with Gasteiger partial charge in [0.1, 0.15) is 11.4 Å². The highest BCUT2D eigenvalue weighted by molar-refractivity contribution is 5.58. The molecule has 1 N–H and O–H groups in total. The molecule has 1 aliphatic carbocycles. The van der Waals surface area contributed by atoms with E-state index >= 15 is 0 Å². The second-order valence-electron chi connectivity index (χ2n) is 9.72. The Hall–Kier alpha value is -3.04. The lowest BCUT2D eigenvalue weighted by Gasteiger charge is -2.40. The van der Waals surface area contributed by atoms with Gasteiger partial charge in [0.25, 0.3) is 0 Å². The fourth-order valence-corrected chi connectivity index (χ4v) is 4.85. The van der Waals surface area contributed by atoms with Crippen LogP contribution in [0.15, 0.2) is 43.0 Å². The van der Waals surface area contributed by atoms with E-state index in [2.05, 4.69) is 37.6 Å². The number of piperidine rings is 1. The van der Waals surface area contributed by atoms with Crippen LogP contribution in [0.1, 0.15) is 31.4 Å². The third-order valence-electron chi connectivity index (χ3n) is 7.26. The van der Waals surface area contributed by atoms with Gasteiger partial charge in [0.2, 0.25) is 0 Å². The summed E-state index contributed by atoms with van der Waals surface area (Å²) in [6.07, 6.45) is 12.6.